The number of carbonyl (C=O) groups excluding carboxylic acids is 2. The van der Waals surface area contributed by atoms with Crippen molar-refractivity contribution in [1.29, 1.82) is 0 Å². The van der Waals surface area contributed by atoms with Crippen LogP contribution in [0.2, 0.25) is 0 Å². The second kappa shape index (κ2) is 8.74. The number of nitrogens with one attached hydrogen (secondary N) is 1. The molecule has 0 aromatic carbocycles. The number of hydrogen-bond acceptors (Lipinski definition) is 7. The second-order valence-electron chi connectivity index (χ2n) is 7.37. The molecule has 1 aromatic rings. The van der Waals surface area contributed by atoms with E-state index in [9.17, 15) is 9.59 Å². The quantitative estimate of drug-likeness (QED) is 0.737. The zero-order chi connectivity index (χ0) is 20.3. The summed E-state index contributed by atoms with van der Waals surface area (Å²) in [6.07, 6.45) is 1.08. The Balaban J connectivity index is 1.57. The van der Waals surface area contributed by atoms with Gasteiger partial charge in [0.2, 0.25) is 17.7 Å². The Bertz CT molecular complexity index is 726. The molecule has 0 saturated carbocycles. The van der Waals surface area contributed by atoms with Gasteiger partial charge in [0, 0.05) is 45.3 Å². The smallest absolute Gasteiger partial charge is 0.257 e. The number of pyridine rings is 1. The van der Waals surface area contributed by atoms with Crippen LogP contribution in [0.15, 0.2) is 12.1 Å². The van der Waals surface area contributed by atoms with Gasteiger partial charge in [-0.2, -0.15) is 4.98 Å². The van der Waals surface area contributed by atoms with Crippen molar-refractivity contribution in [2.75, 3.05) is 48.0 Å². The summed E-state index contributed by atoms with van der Waals surface area (Å²) in [6.45, 7) is 2.01. The summed E-state index contributed by atoms with van der Waals surface area (Å²) in [4.78, 5) is 32.7. The van der Waals surface area contributed by atoms with Crippen molar-refractivity contribution in [2.24, 2.45) is 0 Å². The van der Waals surface area contributed by atoms with E-state index in [-0.39, 0.29) is 35.9 Å². The standard InChI is InChI=1S/C19H28N4O5/c1-22(2)17(24)8-14-10-23-9-12(7-13(23)11-28-14)20-18(25)15-5-6-16(26-3)21-19(15)27-4/h5-6,12-14H,7-11H2,1-4H3,(H,20,25)/t12-,13+,14+/m1/s1. The third kappa shape index (κ3) is 4.53. The number of fused-ring (bicyclic) bond motifs is 1. The molecule has 2 amide bonds. The zero-order valence-electron chi connectivity index (χ0n) is 16.8. The minimum Gasteiger partial charge on any atom is -0.481 e. The van der Waals surface area contributed by atoms with Crippen LogP contribution in [0.1, 0.15) is 23.2 Å². The number of aromatic nitrogens is 1. The van der Waals surface area contributed by atoms with Gasteiger partial charge in [-0.3, -0.25) is 14.5 Å². The summed E-state index contributed by atoms with van der Waals surface area (Å²) in [5.41, 5.74) is 0.374. The van der Waals surface area contributed by atoms with Crippen molar-refractivity contribution >= 4 is 11.8 Å². The molecule has 2 aliphatic heterocycles. The maximum Gasteiger partial charge on any atom is 0.257 e. The van der Waals surface area contributed by atoms with Gasteiger partial charge < -0.3 is 24.4 Å². The lowest BCUT2D eigenvalue weighted by molar-refractivity contribution is -0.134. The van der Waals surface area contributed by atoms with Crippen LogP contribution in [0.3, 0.4) is 0 Å². The van der Waals surface area contributed by atoms with Crippen molar-refractivity contribution in [3.05, 3.63) is 17.7 Å². The number of rotatable bonds is 6. The van der Waals surface area contributed by atoms with Crippen molar-refractivity contribution in [3.8, 4) is 11.8 Å². The molecule has 154 valence electrons. The molecule has 3 atom stereocenters. The number of methoxy groups -OCH3 is 2. The van der Waals surface area contributed by atoms with E-state index in [2.05, 4.69) is 15.2 Å². The largest absolute Gasteiger partial charge is 0.481 e. The van der Waals surface area contributed by atoms with Gasteiger partial charge in [0.1, 0.15) is 5.56 Å². The predicted octanol–water partition coefficient (Wildman–Crippen LogP) is 0.149. The van der Waals surface area contributed by atoms with Crippen molar-refractivity contribution in [1.82, 2.24) is 20.1 Å². The zero-order valence-corrected chi connectivity index (χ0v) is 16.8. The molecule has 0 unspecified atom stereocenters. The summed E-state index contributed by atoms with van der Waals surface area (Å²) >= 11 is 0. The van der Waals surface area contributed by atoms with Crippen LogP contribution in [0.25, 0.3) is 0 Å². The highest BCUT2D eigenvalue weighted by atomic mass is 16.5. The van der Waals surface area contributed by atoms with E-state index < -0.39 is 0 Å². The van der Waals surface area contributed by atoms with Crippen LogP contribution in [0.4, 0.5) is 0 Å². The lowest BCUT2D eigenvalue weighted by Gasteiger charge is -2.35. The summed E-state index contributed by atoms with van der Waals surface area (Å²) in [5.74, 6) is 0.462. The van der Waals surface area contributed by atoms with Crippen LogP contribution < -0.4 is 14.8 Å². The first-order chi connectivity index (χ1) is 13.4. The molecule has 28 heavy (non-hydrogen) atoms. The van der Waals surface area contributed by atoms with E-state index >= 15 is 0 Å². The summed E-state index contributed by atoms with van der Waals surface area (Å²) in [5, 5.41) is 3.07. The van der Waals surface area contributed by atoms with Gasteiger partial charge in [-0.1, -0.05) is 0 Å². The molecule has 3 rings (SSSR count). The van der Waals surface area contributed by atoms with Crippen molar-refractivity contribution in [3.63, 3.8) is 0 Å². The molecule has 9 heteroatoms. The number of morpholine rings is 1. The Morgan fingerprint density at radius 3 is 2.75 bits per heavy atom. The molecule has 2 aliphatic rings. The van der Waals surface area contributed by atoms with E-state index in [4.69, 9.17) is 14.2 Å². The molecule has 0 bridgehead atoms. The van der Waals surface area contributed by atoms with Crippen molar-refractivity contribution in [2.45, 2.75) is 31.0 Å². The first-order valence-electron chi connectivity index (χ1n) is 9.37. The highest BCUT2D eigenvalue weighted by Gasteiger charge is 2.38. The van der Waals surface area contributed by atoms with Crippen LogP contribution >= 0.6 is 0 Å². The van der Waals surface area contributed by atoms with Crippen LogP contribution in [0, 0.1) is 0 Å². The number of ether oxygens (including phenoxy) is 3. The number of carbonyl (C=O) groups is 2. The Morgan fingerprint density at radius 1 is 1.29 bits per heavy atom. The number of amides is 2. The Morgan fingerprint density at radius 2 is 2.07 bits per heavy atom. The van der Waals surface area contributed by atoms with Gasteiger partial charge in [0.05, 0.1) is 33.4 Å². The number of nitrogens with zero attached hydrogens (tertiary/aromatic N) is 3. The average molecular weight is 392 g/mol. The molecular formula is C19H28N4O5. The fourth-order valence-corrected chi connectivity index (χ4v) is 3.68. The highest BCUT2D eigenvalue weighted by molar-refractivity contribution is 5.96. The van der Waals surface area contributed by atoms with Gasteiger partial charge in [0.25, 0.3) is 5.91 Å². The van der Waals surface area contributed by atoms with E-state index in [1.807, 2.05) is 0 Å². The van der Waals surface area contributed by atoms with E-state index in [0.29, 0.717) is 31.0 Å². The minimum absolute atomic E-state index is 0.0104. The Hall–Kier alpha value is -2.39. The SMILES string of the molecule is COc1ccc(C(=O)N[C@@H]2C[C@H]3CO[C@@H](CC(=O)N(C)C)CN3C2)c(OC)n1. The molecule has 0 spiro atoms. The van der Waals surface area contributed by atoms with Gasteiger partial charge in [0.15, 0.2) is 0 Å². The summed E-state index contributed by atoms with van der Waals surface area (Å²) in [7, 11) is 6.48. The molecule has 3 heterocycles. The second-order valence-corrected chi connectivity index (χ2v) is 7.37. The maximum atomic E-state index is 12.7. The van der Waals surface area contributed by atoms with E-state index in [1.54, 1.807) is 31.1 Å². The highest BCUT2D eigenvalue weighted by Crippen LogP contribution is 2.26. The third-order valence-corrected chi connectivity index (χ3v) is 5.21. The molecule has 2 fully saturated rings. The third-order valence-electron chi connectivity index (χ3n) is 5.21. The average Bonchev–Trinajstić information content (AvgIpc) is 3.08. The van der Waals surface area contributed by atoms with Crippen molar-refractivity contribution < 1.29 is 23.8 Å². The normalized spacial score (nSPS) is 24.4. The predicted molar refractivity (Wildman–Crippen MR) is 102 cm³/mol. The first-order valence-corrected chi connectivity index (χ1v) is 9.37. The first kappa shape index (κ1) is 20.3. The van der Waals surface area contributed by atoms with E-state index in [1.165, 1.54) is 14.2 Å². The maximum absolute atomic E-state index is 12.7. The number of hydrogen-bond donors (Lipinski definition) is 1. The summed E-state index contributed by atoms with van der Waals surface area (Å²) in [6, 6.07) is 3.55. The molecule has 1 aromatic heterocycles. The molecular weight excluding hydrogens is 364 g/mol. The lowest BCUT2D eigenvalue weighted by atomic mass is 10.1. The summed E-state index contributed by atoms with van der Waals surface area (Å²) < 4.78 is 16.2. The van der Waals surface area contributed by atoms with Crippen LogP contribution in [0.5, 0.6) is 11.8 Å². The fraction of sp³-hybridized carbons (Fsp3) is 0.632. The van der Waals surface area contributed by atoms with Gasteiger partial charge in [-0.15, -0.1) is 0 Å². The molecule has 9 nitrogen and oxygen atoms in total. The van der Waals surface area contributed by atoms with Gasteiger partial charge >= 0.3 is 0 Å². The molecule has 0 aliphatic carbocycles. The topological polar surface area (TPSA) is 93.2 Å². The van der Waals surface area contributed by atoms with Gasteiger partial charge in [-0.05, 0) is 12.5 Å². The monoisotopic (exact) mass is 392 g/mol. The fourth-order valence-electron chi connectivity index (χ4n) is 3.68. The molecule has 0 radical (unpaired) electrons. The lowest BCUT2D eigenvalue weighted by Crippen LogP contribution is -2.47. The van der Waals surface area contributed by atoms with Crippen LogP contribution in [-0.4, -0.2) is 92.8 Å². The molecule has 1 N–H and O–H groups in total. The Labute approximate surface area is 164 Å². The van der Waals surface area contributed by atoms with E-state index in [0.717, 1.165) is 13.0 Å². The van der Waals surface area contributed by atoms with Gasteiger partial charge in [-0.25, -0.2) is 0 Å². The molecule has 2 saturated heterocycles. The van der Waals surface area contributed by atoms with Crippen LogP contribution in [-0.2, 0) is 9.53 Å². The minimum atomic E-state index is -0.225. The Kier molecular flexibility index (Phi) is 6.35.